The number of nitrogens with zero attached hydrogens (tertiary/aromatic N) is 3. The van der Waals surface area contributed by atoms with Crippen LogP contribution in [0.25, 0.3) is 5.95 Å². The third-order valence-electron chi connectivity index (χ3n) is 1.86. The molecule has 15 heavy (non-hydrogen) atoms. The summed E-state index contributed by atoms with van der Waals surface area (Å²) in [5, 5.41) is 8.71. The molecule has 0 aliphatic rings. The monoisotopic (exact) mass is 202 g/mol. The third-order valence-corrected chi connectivity index (χ3v) is 1.86. The van der Waals surface area contributed by atoms with Crippen molar-refractivity contribution >= 4 is 5.97 Å². The van der Waals surface area contributed by atoms with Crippen LogP contribution in [0.4, 0.5) is 0 Å². The van der Waals surface area contributed by atoms with Gasteiger partial charge in [-0.25, -0.2) is 9.36 Å². The van der Waals surface area contributed by atoms with Crippen molar-refractivity contribution in [2.75, 3.05) is 0 Å². The Morgan fingerprint density at radius 1 is 1.20 bits per heavy atom. The van der Waals surface area contributed by atoms with E-state index in [4.69, 9.17) is 5.11 Å². The Balaban J connectivity index is 2.36. The molecule has 0 saturated heterocycles. The van der Waals surface area contributed by atoms with Gasteiger partial charge in [0.15, 0.2) is 0 Å². The molecule has 0 amide bonds. The van der Waals surface area contributed by atoms with Crippen LogP contribution in [0.15, 0.2) is 43.0 Å². The lowest BCUT2D eigenvalue weighted by Crippen LogP contribution is -2.32. The summed E-state index contributed by atoms with van der Waals surface area (Å²) in [4.78, 5) is 18.7. The molecule has 0 aromatic carbocycles. The summed E-state index contributed by atoms with van der Waals surface area (Å²) in [5.41, 5.74) is 0.238. The predicted octanol–water partition coefficient (Wildman–Crippen LogP) is 0.451. The molecule has 5 heteroatoms. The molecule has 0 aliphatic heterocycles. The molecule has 2 aromatic rings. The van der Waals surface area contributed by atoms with Crippen LogP contribution in [0.3, 0.4) is 0 Å². The van der Waals surface area contributed by atoms with E-state index in [1.54, 1.807) is 35.4 Å². The minimum Gasteiger partial charge on any atom is -0.478 e. The molecular weight excluding hydrogens is 194 g/mol. The number of aromatic nitrogens is 3. The topological polar surface area (TPSA) is 67.0 Å². The van der Waals surface area contributed by atoms with E-state index in [9.17, 15) is 4.79 Å². The Morgan fingerprint density at radius 3 is 2.33 bits per heavy atom. The third kappa shape index (κ3) is 1.96. The van der Waals surface area contributed by atoms with Gasteiger partial charge in [0, 0.05) is 6.07 Å². The van der Waals surface area contributed by atoms with Gasteiger partial charge in [-0.05, 0) is 12.1 Å². The average Bonchev–Trinajstić information content (AvgIpc) is 2.30. The molecule has 74 valence electrons. The Morgan fingerprint density at radius 2 is 1.80 bits per heavy atom. The lowest BCUT2D eigenvalue weighted by Gasteiger charge is -1.95. The summed E-state index contributed by atoms with van der Waals surface area (Å²) in [6, 6.07) is 4.72. The molecule has 2 rings (SSSR count). The molecule has 0 fully saturated rings. The van der Waals surface area contributed by atoms with Crippen molar-refractivity contribution < 1.29 is 14.5 Å². The van der Waals surface area contributed by atoms with Crippen molar-refractivity contribution in [2.45, 2.75) is 0 Å². The smallest absolute Gasteiger partial charge is 0.437 e. The van der Waals surface area contributed by atoms with Gasteiger partial charge in [0.1, 0.15) is 12.4 Å². The number of hydrogen-bond acceptors (Lipinski definition) is 3. The molecule has 0 bridgehead atoms. The molecule has 0 unspecified atom stereocenters. The Bertz CT molecular complexity index is 468. The summed E-state index contributed by atoms with van der Waals surface area (Å²) < 4.78 is 1.65. The SMILES string of the molecule is O=C(O)c1cc[n+](-c2ncccn2)cc1. The van der Waals surface area contributed by atoms with E-state index >= 15 is 0 Å². The number of pyridine rings is 1. The summed E-state index contributed by atoms with van der Waals surface area (Å²) in [5.74, 6) is -0.439. The van der Waals surface area contributed by atoms with Crippen molar-refractivity contribution in [3.05, 3.63) is 48.5 Å². The van der Waals surface area contributed by atoms with Crippen molar-refractivity contribution in [1.29, 1.82) is 0 Å². The molecule has 0 aliphatic carbocycles. The maximum Gasteiger partial charge on any atom is 0.437 e. The standard InChI is InChI=1S/C10H7N3O2/c14-9(15)8-2-6-13(7-3-8)10-11-4-1-5-12-10/h1-7H/p+1. The molecule has 0 saturated carbocycles. The molecule has 0 radical (unpaired) electrons. The highest BCUT2D eigenvalue weighted by molar-refractivity contribution is 5.87. The van der Waals surface area contributed by atoms with Crippen LogP contribution >= 0.6 is 0 Å². The van der Waals surface area contributed by atoms with Gasteiger partial charge in [0.25, 0.3) is 0 Å². The Labute approximate surface area is 85.7 Å². The first-order valence-electron chi connectivity index (χ1n) is 4.29. The van der Waals surface area contributed by atoms with Crippen LogP contribution in [-0.2, 0) is 0 Å². The minimum absolute atomic E-state index is 0.238. The average molecular weight is 202 g/mol. The van der Waals surface area contributed by atoms with E-state index in [1.807, 2.05) is 0 Å². The first-order valence-corrected chi connectivity index (χ1v) is 4.29. The van der Waals surface area contributed by atoms with Crippen molar-refractivity contribution in [1.82, 2.24) is 9.97 Å². The van der Waals surface area contributed by atoms with Gasteiger partial charge < -0.3 is 5.11 Å². The number of carboxylic acids is 1. The molecule has 1 N–H and O–H groups in total. The number of hydrogen-bond donors (Lipinski definition) is 1. The quantitative estimate of drug-likeness (QED) is 0.718. The number of rotatable bonds is 2. The van der Waals surface area contributed by atoms with E-state index in [-0.39, 0.29) is 5.56 Å². The zero-order valence-electron chi connectivity index (χ0n) is 7.74. The van der Waals surface area contributed by atoms with Gasteiger partial charge in [-0.15, -0.1) is 0 Å². The van der Waals surface area contributed by atoms with E-state index in [0.717, 1.165) is 0 Å². The van der Waals surface area contributed by atoms with Gasteiger partial charge in [-0.1, -0.05) is 9.97 Å². The molecule has 2 aromatic heterocycles. The summed E-state index contributed by atoms with van der Waals surface area (Å²) in [6.45, 7) is 0. The number of carbonyl (C=O) groups is 1. The Kier molecular flexibility index (Phi) is 2.37. The maximum absolute atomic E-state index is 10.6. The van der Waals surface area contributed by atoms with Gasteiger partial charge in [0.2, 0.25) is 0 Å². The zero-order chi connectivity index (χ0) is 10.7. The molecular formula is C10H8N3O2+. The Hall–Kier alpha value is -2.30. The summed E-state index contributed by atoms with van der Waals surface area (Å²) >= 11 is 0. The highest BCUT2D eigenvalue weighted by atomic mass is 16.4. The fraction of sp³-hybridized carbons (Fsp3) is 0. The first-order chi connectivity index (χ1) is 7.27. The largest absolute Gasteiger partial charge is 0.478 e. The van der Waals surface area contributed by atoms with E-state index in [0.29, 0.717) is 5.95 Å². The van der Waals surface area contributed by atoms with Gasteiger partial charge >= 0.3 is 11.9 Å². The van der Waals surface area contributed by atoms with E-state index in [1.165, 1.54) is 12.1 Å². The highest BCUT2D eigenvalue weighted by Crippen LogP contribution is 1.95. The lowest BCUT2D eigenvalue weighted by molar-refractivity contribution is -0.603. The first kappa shape index (κ1) is 9.26. The second-order valence-electron chi connectivity index (χ2n) is 2.85. The van der Waals surface area contributed by atoms with E-state index in [2.05, 4.69) is 9.97 Å². The summed E-state index contributed by atoms with van der Waals surface area (Å²) in [6.07, 6.45) is 6.47. The minimum atomic E-state index is -0.948. The van der Waals surface area contributed by atoms with Crippen LogP contribution in [0.5, 0.6) is 0 Å². The van der Waals surface area contributed by atoms with Crippen molar-refractivity contribution in [3.63, 3.8) is 0 Å². The molecule has 0 spiro atoms. The predicted molar refractivity (Wildman–Crippen MR) is 50.5 cm³/mol. The fourth-order valence-electron chi connectivity index (χ4n) is 1.13. The van der Waals surface area contributed by atoms with E-state index < -0.39 is 5.97 Å². The van der Waals surface area contributed by atoms with Crippen molar-refractivity contribution in [3.8, 4) is 5.95 Å². The van der Waals surface area contributed by atoms with Gasteiger partial charge in [-0.2, -0.15) is 0 Å². The fourth-order valence-corrected chi connectivity index (χ4v) is 1.13. The normalized spacial score (nSPS) is 9.87. The number of carboxylic acid groups (broad SMARTS) is 1. The lowest BCUT2D eigenvalue weighted by atomic mass is 10.3. The zero-order valence-corrected chi connectivity index (χ0v) is 7.74. The molecule has 0 atom stereocenters. The van der Waals surface area contributed by atoms with Gasteiger partial charge in [-0.3, -0.25) is 0 Å². The maximum atomic E-state index is 10.6. The van der Waals surface area contributed by atoms with Crippen LogP contribution in [0.1, 0.15) is 10.4 Å². The van der Waals surface area contributed by atoms with Crippen LogP contribution in [0, 0.1) is 0 Å². The highest BCUT2D eigenvalue weighted by Gasteiger charge is 2.08. The van der Waals surface area contributed by atoms with Gasteiger partial charge in [0.05, 0.1) is 18.0 Å². The van der Waals surface area contributed by atoms with Crippen molar-refractivity contribution in [2.24, 2.45) is 0 Å². The number of aromatic carboxylic acids is 1. The van der Waals surface area contributed by atoms with Crippen LogP contribution in [0.2, 0.25) is 0 Å². The summed E-state index contributed by atoms with van der Waals surface area (Å²) in [7, 11) is 0. The van der Waals surface area contributed by atoms with Crippen LogP contribution in [-0.4, -0.2) is 21.0 Å². The second kappa shape index (κ2) is 3.83. The second-order valence-corrected chi connectivity index (χ2v) is 2.85. The molecule has 5 nitrogen and oxygen atoms in total. The van der Waals surface area contributed by atoms with Crippen LogP contribution < -0.4 is 4.57 Å². The molecule has 2 heterocycles.